The summed E-state index contributed by atoms with van der Waals surface area (Å²) in [4.78, 5) is 0. The average Bonchev–Trinajstić information content (AvgIpc) is 2.76. The van der Waals surface area contributed by atoms with Gasteiger partial charge in [0.2, 0.25) is 0 Å². The minimum absolute atomic E-state index is 0.502. The lowest BCUT2D eigenvalue weighted by Crippen LogP contribution is -2.51. The monoisotopic (exact) mass is 404 g/mol. The van der Waals surface area contributed by atoms with Gasteiger partial charge in [0.15, 0.2) is 0 Å². The number of rotatable bonds is 8. The molecule has 1 aromatic carbocycles. The molecule has 4 bridgehead atoms. The Morgan fingerprint density at radius 3 is 2.43 bits per heavy atom. The summed E-state index contributed by atoms with van der Waals surface area (Å²) < 4.78 is 0. The first kappa shape index (κ1) is 20.4. The Kier molecular flexibility index (Phi) is 5.13. The number of hydrogen-bond acceptors (Lipinski definition) is 2. The molecule has 0 spiro atoms. The molecular weight excluding hydrogens is 364 g/mol. The molecule has 1 aromatic rings. The SMILES string of the molecule is CC1(C)C2CC=C(CNCCc3ccc(NCC4C=CC5CC4C5(C)C)cc3)C1C2. The fourth-order valence-corrected chi connectivity index (χ4v) is 6.84. The van der Waals surface area contributed by atoms with Crippen molar-refractivity contribution in [3.8, 4) is 0 Å². The van der Waals surface area contributed by atoms with Crippen LogP contribution in [0.5, 0.6) is 0 Å². The molecule has 2 nitrogen and oxygen atoms in total. The number of hydrogen-bond donors (Lipinski definition) is 2. The quantitative estimate of drug-likeness (QED) is 0.406. The molecular formula is C28H40N2. The zero-order valence-electron chi connectivity index (χ0n) is 19.4. The maximum atomic E-state index is 3.70. The highest BCUT2D eigenvalue weighted by molar-refractivity contribution is 5.45. The van der Waals surface area contributed by atoms with Crippen LogP contribution >= 0.6 is 0 Å². The average molecular weight is 405 g/mol. The van der Waals surface area contributed by atoms with Gasteiger partial charge < -0.3 is 10.6 Å². The van der Waals surface area contributed by atoms with Crippen molar-refractivity contribution in [1.29, 1.82) is 0 Å². The maximum Gasteiger partial charge on any atom is 0.0340 e. The van der Waals surface area contributed by atoms with Gasteiger partial charge >= 0.3 is 0 Å². The Morgan fingerprint density at radius 1 is 0.967 bits per heavy atom. The highest BCUT2D eigenvalue weighted by Crippen LogP contribution is 2.59. The van der Waals surface area contributed by atoms with E-state index in [4.69, 9.17) is 0 Å². The normalized spacial score (nSPS) is 34.5. The van der Waals surface area contributed by atoms with Crippen LogP contribution in [-0.4, -0.2) is 19.6 Å². The van der Waals surface area contributed by atoms with Gasteiger partial charge in [-0.25, -0.2) is 0 Å². The summed E-state index contributed by atoms with van der Waals surface area (Å²) in [5.74, 6) is 4.10. The smallest absolute Gasteiger partial charge is 0.0340 e. The lowest BCUT2D eigenvalue weighted by Gasteiger charge is -2.57. The summed E-state index contributed by atoms with van der Waals surface area (Å²) in [6, 6.07) is 9.11. The van der Waals surface area contributed by atoms with Gasteiger partial charge in [-0.3, -0.25) is 0 Å². The topological polar surface area (TPSA) is 24.1 Å². The van der Waals surface area contributed by atoms with Gasteiger partial charge in [0.25, 0.3) is 0 Å². The van der Waals surface area contributed by atoms with E-state index in [1.54, 1.807) is 5.57 Å². The Balaban J connectivity index is 1.04. The molecule has 2 saturated carbocycles. The molecule has 5 atom stereocenters. The summed E-state index contributed by atoms with van der Waals surface area (Å²) in [7, 11) is 0. The van der Waals surface area contributed by atoms with E-state index >= 15 is 0 Å². The van der Waals surface area contributed by atoms with Gasteiger partial charge in [0.1, 0.15) is 0 Å². The highest BCUT2D eigenvalue weighted by Gasteiger charge is 2.52. The van der Waals surface area contributed by atoms with Crippen molar-refractivity contribution < 1.29 is 0 Å². The number of benzene rings is 1. The number of allylic oxidation sites excluding steroid dienone is 2. The molecule has 7 rings (SSSR count). The van der Waals surface area contributed by atoms with Gasteiger partial charge in [-0.1, -0.05) is 63.6 Å². The molecule has 2 fully saturated rings. The van der Waals surface area contributed by atoms with Crippen LogP contribution in [0.1, 0.15) is 52.5 Å². The van der Waals surface area contributed by atoms with Crippen LogP contribution in [0.3, 0.4) is 0 Å². The molecule has 5 unspecified atom stereocenters. The molecule has 0 heterocycles. The zero-order chi connectivity index (χ0) is 20.9. The van der Waals surface area contributed by atoms with Crippen molar-refractivity contribution in [2.24, 2.45) is 40.4 Å². The molecule has 0 saturated heterocycles. The number of nitrogens with one attached hydrogen (secondary N) is 2. The van der Waals surface area contributed by atoms with Crippen molar-refractivity contribution in [2.75, 3.05) is 25.0 Å². The molecule has 2 N–H and O–H groups in total. The Bertz CT molecular complexity index is 829. The van der Waals surface area contributed by atoms with Crippen molar-refractivity contribution in [1.82, 2.24) is 5.32 Å². The van der Waals surface area contributed by atoms with Crippen molar-refractivity contribution in [2.45, 2.75) is 53.4 Å². The van der Waals surface area contributed by atoms with E-state index in [9.17, 15) is 0 Å². The van der Waals surface area contributed by atoms with Crippen LogP contribution in [0.2, 0.25) is 0 Å². The predicted molar refractivity (Wildman–Crippen MR) is 128 cm³/mol. The van der Waals surface area contributed by atoms with Crippen LogP contribution in [0.15, 0.2) is 48.1 Å². The third kappa shape index (κ3) is 3.45. The lowest BCUT2D eigenvalue weighted by molar-refractivity contribution is -0.0272. The molecule has 6 aliphatic carbocycles. The van der Waals surface area contributed by atoms with Gasteiger partial charge in [0, 0.05) is 18.8 Å². The van der Waals surface area contributed by atoms with E-state index in [1.165, 1.54) is 30.5 Å². The maximum absolute atomic E-state index is 3.70. The van der Waals surface area contributed by atoms with Crippen LogP contribution in [-0.2, 0) is 6.42 Å². The molecule has 30 heavy (non-hydrogen) atoms. The van der Waals surface area contributed by atoms with E-state index in [0.717, 1.165) is 49.7 Å². The number of fused-ring (bicyclic) bond motifs is 2. The largest absolute Gasteiger partial charge is 0.384 e. The molecule has 0 radical (unpaired) electrons. The Labute approximate surface area is 183 Å². The fourth-order valence-electron chi connectivity index (χ4n) is 6.84. The van der Waals surface area contributed by atoms with Gasteiger partial charge in [-0.15, -0.1) is 0 Å². The van der Waals surface area contributed by atoms with E-state index in [2.05, 4.69) is 80.8 Å². The minimum Gasteiger partial charge on any atom is -0.384 e. The second kappa shape index (κ2) is 7.55. The summed E-state index contributed by atoms with van der Waals surface area (Å²) >= 11 is 0. The standard InChI is InChI=1S/C28H40N2/c1-27(2)22-9-7-20(25(27)15-22)17-29-14-13-19-5-11-24(12-6-19)30-18-21-8-10-23-16-26(21)28(23,3)4/h5-8,10-12,21-23,25-26,29-30H,9,13-18H2,1-4H3. The van der Waals surface area contributed by atoms with Gasteiger partial charge in [-0.2, -0.15) is 0 Å². The molecule has 0 aromatic heterocycles. The van der Waals surface area contributed by atoms with Crippen molar-refractivity contribution in [3.05, 3.63) is 53.6 Å². The zero-order valence-corrected chi connectivity index (χ0v) is 19.4. The first-order valence-corrected chi connectivity index (χ1v) is 12.3. The fraction of sp³-hybridized carbons (Fsp3) is 0.643. The van der Waals surface area contributed by atoms with Crippen molar-refractivity contribution in [3.63, 3.8) is 0 Å². The predicted octanol–water partition coefficient (Wildman–Crippen LogP) is 6.07. The molecule has 0 aliphatic heterocycles. The first-order valence-electron chi connectivity index (χ1n) is 12.3. The number of anilines is 1. The van der Waals surface area contributed by atoms with Crippen molar-refractivity contribution >= 4 is 5.69 Å². The third-order valence-electron chi connectivity index (χ3n) is 9.52. The van der Waals surface area contributed by atoms with Crippen LogP contribution < -0.4 is 10.6 Å². The second-order valence-electron chi connectivity index (χ2n) is 11.6. The summed E-state index contributed by atoms with van der Waals surface area (Å²) in [6.45, 7) is 13.0. The van der Waals surface area contributed by atoms with E-state index in [0.29, 0.717) is 16.7 Å². The first-order chi connectivity index (χ1) is 14.4. The van der Waals surface area contributed by atoms with Crippen LogP contribution in [0.4, 0.5) is 5.69 Å². The van der Waals surface area contributed by atoms with Gasteiger partial charge in [0.05, 0.1) is 0 Å². The van der Waals surface area contributed by atoms with Crippen LogP contribution in [0.25, 0.3) is 0 Å². The van der Waals surface area contributed by atoms with E-state index in [-0.39, 0.29) is 0 Å². The van der Waals surface area contributed by atoms with Gasteiger partial charge in [-0.05, 0) is 90.3 Å². The van der Waals surface area contributed by atoms with E-state index < -0.39 is 0 Å². The van der Waals surface area contributed by atoms with E-state index in [1.807, 2.05) is 0 Å². The second-order valence-corrected chi connectivity index (χ2v) is 11.6. The summed E-state index contributed by atoms with van der Waals surface area (Å²) in [5.41, 5.74) is 5.39. The summed E-state index contributed by atoms with van der Waals surface area (Å²) in [6.07, 6.45) is 12.7. The van der Waals surface area contributed by atoms with Crippen LogP contribution in [0, 0.1) is 40.4 Å². The lowest BCUT2D eigenvalue weighted by atomic mass is 9.48. The molecule has 0 amide bonds. The third-order valence-corrected chi connectivity index (χ3v) is 9.52. The minimum atomic E-state index is 0.502. The molecule has 2 heteroatoms. The Hall–Kier alpha value is -1.54. The highest BCUT2D eigenvalue weighted by atomic mass is 14.9. The molecule has 162 valence electrons. The molecule has 6 aliphatic rings. The summed E-state index contributed by atoms with van der Waals surface area (Å²) in [5, 5.41) is 7.39. The Morgan fingerprint density at radius 2 is 1.77 bits per heavy atom.